The van der Waals surface area contributed by atoms with Gasteiger partial charge in [0.1, 0.15) is 18.0 Å². The molecule has 0 bridgehead atoms. The maximum absolute atomic E-state index is 13.7. The van der Waals surface area contributed by atoms with Gasteiger partial charge in [-0.2, -0.15) is 0 Å². The molecule has 1 aliphatic carbocycles. The smallest absolute Gasteiger partial charge is 0.338 e. The Balaban J connectivity index is 1.31. The molecule has 2 aromatic carbocycles. The van der Waals surface area contributed by atoms with Gasteiger partial charge in [0.2, 0.25) is 5.75 Å². The average Bonchev–Trinajstić information content (AvgIpc) is 3.54. The molecule has 12 nitrogen and oxygen atoms in total. The number of carbonyl (C=O) groups is 3. The Morgan fingerprint density at radius 1 is 0.902 bits per heavy atom. The Kier molecular flexibility index (Phi) is 11.1. The molecule has 2 fully saturated rings. The minimum Gasteiger partial charge on any atom is -0.496 e. The van der Waals surface area contributed by atoms with Crippen molar-refractivity contribution in [2.75, 3.05) is 55.7 Å². The summed E-state index contributed by atoms with van der Waals surface area (Å²) in [6.07, 6.45) is 3.93. The molecule has 3 aromatic rings. The first-order valence-corrected chi connectivity index (χ1v) is 17.8. The molecule has 1 saturated carbocycles. The number of fused-ring (bicyclic) bond motifs is 6. The van der Waals surface area contributed by atoms with Crippen LogP contribution in [-0.2, 0) is 25.4 Å². The molecule has 0 spiro atoms. The first kappa shape index (κ1) is 36.5. The molecule has 0 radical (unpaired) electrons. The highest BCUT2D eigenvalue weighted by Gasteiger charge is 2.54. The molecule has 6 rings (SSSR count). The second kappa shape index (κ2) is 15.5. The number of unbranched alkanes of at least 4 members (excludes halogenated alkanes) is 2. The summed E-state index contributed by atoms with van der Waals surface area (Å²) >= 11 is 0. The van der Waals surface area contributed by atoms with Crippen molar-refractivity contribution < 1.29 is 47.5 Å². The Hall–Kier alpha value is -4.29. The molecule has 1 N–H and O–H groups in total. The van der Waals surface area contributed by atoms with Crippen molar-refractivity contribution in [2.45, 2.75) is 70.1 Å². The van der Waals surface area contributed by atoms with Gasteiger partial charge >= 0.3 is 11.9 Å². The van der Waals surface area contributed by atoms with E-state index in [4.69, 9.17) is 33.2 Å². The minimum atomic E-state index is -0.723. The summed E-state index contributed by atoms with van der Waals surface area (Å²) < 4.78 is 39.5. The highest BCUT2D eigenvalue weighted by molar-refractivity contribution is 6.10. The number of esters is 2. The van der Waals surface area contributed by atoms with Gasteiger partial charge < -0.3 is 38.1 Å². The lowest BCUT2D eigenvalue weighted by molar-refractivity contribution is -0.176. The van der Waals surface area contributed by atoms with Crippen molar-refractivity contribution in [1.82, 2.24) is 9.88 Å². The average molecular weight is 707 g/mol. The predicted molar refractivity (Wildman–Crippen MR) is 189 cm³/mol. The number of aromatic nitrogens is 1. The first-order valence-electron chi connectivity index (χ1n) is 17.8. The van der Waals surface area contributed by atoms with E-state index in [1.165, 1.54) is 34.0 Å². The number of carbonyl (C=O) groups excluding carboxylic acids is 3. The molecular weight excluding hydrogens is 656 g/mol. The Labute approximate surface area is 299 Å². The maximum atomic E-state index is 13.7. The molecule has 1 aromatic heterocycles. The number of rotatable bonds is 13. The standard InChI is InChI=1S/C39H50N2O10/c1-8-9-10-11-27(42)33-28(45-2)13-12-23-24-14-15-41-20-22-18-31(51-38(43)21-16-29(46-3)36(48-5)30(17-21)47-4)37(49-6)32(39(44)50-7)25(22)19-26(41)34(24)40-35(23)33/h12-13,16-17,22,25-26,31-32,37,40H,8-11,14-15,18-20H2,1-7H3/t22-,25+,26-,31-,32+,37+/m1/s1. The number of ketones is 1. The van der Waals surface area contributed by atoms with Gasteiger partial charge in [-0.15, -0.1) is 0 Å². The molecule has 0 unspecified atom stereocenters. The molecular formula is C39H50N2O10. The Morgan fingerprint density at radius 3 is 2.25 bits per heavy atom. The van der Waals surface area contributed by atoms with Crippen molar-refractivity contribution >= 4 is 28.6 Å². The zero-order chi connectivity index (χ0) is 36.4. The fourth-order valence-corrected chi connectivity index (χ4v) is 8.81. The van der Waals surface area contributed by atoms with Crippen molar-refractivity contribution in [3.63, 3.8) is 0 Å². The predicted octanol–water partition coefficient (Wildman–Crippen LogP) is 5.93. The van der Waals surface area contributed by atoms with Crippen molar-refractivity contribution in [2.24, 2.45) is 17.8 Å². The lowest BCUT2D eigenvalue weighted by Crippen LogP contribution is -2.58. The minimum absolute atomic E-state index is 0.000528. The number of H-pyrrole nitrogens is 1. The number of benzene rings is 2. The third kappa shape index (κ3) is 6.64. The van der Waals surface area contributed by atoms with Gasteiger partial charge in [0.25, 0.3) is 0 Å². The summed E-state index contributed by atoms with van der Waals surface area (Å²) in [5, 5.41) is 1.05. The Bertz CT molecular complexity index is 1740. The molecule has 51 heavy (non-hydrogen) atoms. The van der Waals surface area contributed by atoms with Crippen molar-refractivity contribution in [3.05, 3.63) is 46.6 Å². The van der Waals surface area contributed by atoms with Crippen LogP contribution in [0.5, 0.6) is 23.0 Å². The second-order valence-electron chi connectivity index (χ2n) is 13.7. The molecule has 2 aliphatic heterocycles. The van der Waals surface area contributed by atoms with E-state index in [2.05, 4.69) is 22.9 Å². The van der Waals surface area contributed by atoms with E-state index in [0.717, 1.165) is 48.8 Å². The number of Topliss-reactive ketones (excluding diaryl/α,β-unsaturated/α-hetero) is 1. The van der Waals surface area contributed by atoms with Crippen LogP contribution in [0, 0.1) is 17.8 Å². The highest BCUT2D eigenvalue weighted by atomic mass is 16.6. The molecule has 1 saturated heterocycles. The molecule has 0 amide bonds. The summed E-state index contributed by atoms with van der Waals surface area (Å²) in [5.41, 5.74) is 3.95. The van der Waals surface area contributed by atoms with E-state index < -0.39 is 30.1 Å². The summed E-state index contributed by atoms with van der Waals surface area (Å²) in [4.78, 5) is 47.0. The van der Waals surface area contributed by atoms with E-state index >= 15 is 0 Å². The van der Waals surface area contributed by atoms with Crippen LogP contribution in [0.4, 0.5) is 0 Å². The SMILES string of the molecule is CCCCCC(=O)c1c(OC)ccc2c3c([nH]c12)[C@H]1C[C@H]2[C@H](C[C@@H](OC(=O)c4cc(OC)c(OC)c(OC)c4)[C@H](OC)[C@H]2C(=O)OC)CN1CC3. The van der Waals surface area contributed by atoms with Crippen LogP contribution < -0.4 is 18.9 Å². The van der Waals surface area contributed by atoms with Crippen LogP contribution in [0.3, 0.4) is 0 Å². The lowest BCUT2D eigenvalue weighted by Gasteiger charge is -2.52. The first-order chi connectivity index (χ1) is 24.7. The van der Waals surface area contributed by atoms with E-state index in [1.54, 1.807) is 26.4 Å². The second-order valence-corrected chi connectivity index (χ2v) is 13.7. The van der Waals surface area contributed by atoms with E-state index in [0.29, 0.717) is 54.4 Å². The number of hydrogen-bond donors (Lipinski definition) is 1. The third-order valence-corrected chi connectivity index (χ3v) is 11.2. The largest absolute Gasteiger partial charge is 0.496 e. The van der Waals surface area contributed by atoms with Gasteiger partial charge in [-0.1, -0.05) is 19.8 Å². The van der Waals surface area contributed by atoms with Crippen LogP contribution in [0.2, 0.25) is 0 Å². The summed E-state index contributed by atoms with van der Waals surface area (Å²) in [5.74, 6) is -0.0205. The monoisotopic (exact) mass is 706 g/mol. The molecule has 3 heterocycles. The summed E-state index contributed by atoms with van der Waals surface area (Å²) in [6.45, 7) is 3.66. The fraction of sp³-hybridized carbons (Fsp3) is 0.564. The van der Waals surface area contributed by atoms with E-state index in [1.807, 2.05) is 6.07 Å². The van der Waals surface area contributed by atoms with Gasteiger partial charge in [0.15, 0.2) is 17.3 Å². The van der Waals surface area contributed by atoms with Gasteiger partial charge in [0, 0.05) is 37.7 Å². The molecule has 276 valence electrons. The number of nitrogens with one attached hydrogen (secondary N) is 1. The maximum Gasteiger partial charge on any atom is 0.338 e. The molecule has 6 atom stereocenters. The van der Waals surface area contributed by atoms with Gasteiger partial charge in [-0.25, -0.2) is 4.79 Å². The number of piperidine rings is 1. The number of aromatic amines is 1. The van der Waals surface area contributed by atoms with Crippen LogP contribution in [0.1, 0.15) is 83.5 Å². The zero-order valence-electron chi connectivity index (χ0n) is 30.7. The van der Waals surface area contributed by atoms with E-state index in [-0.39, 0.29) is 29.2 Å². The van der Waals surface area contributed by atoms with Crippen LogP contribution >= 0.6 is 0 Å². The van der Waals surface area contributed by atoms with E-state index in [9.17, 15) is 14.4 Å². The summed E-state index contributed by atoms with van der Waals surface area (Å²) in [7, 11) is 8.98. The van der Waals surface area contributed by atoms with Crippen LogP contribution in [-0.4, -0.2) is 95.6 Å². The molecule has 12 heteroatoms. The van der Waals surface area contributed by atoms with Crippen LogP contribution in [0.15, 0.2) is 24.3 Å². The van der Waals surface area contributed by atoms with Crippen molar-refractivity contribution in [3.8, 4) is 23.0 Å². The fourth-order valence-electron chi connectivity index (χ4n) is 8.81. The topological polar surface area (TPSA) is 135 Å². The van der Waals surface area contributed by atoms with Gasteiger partial charge in [0.05, 0.1) is 64.2 Å². The highest BCUT2D eigenvalue weighted by Crippen LogP contribution is 2.51. The quantitative estimate of drug-likeness (QED) is 0.129. The normalized spacial score (nSPS) is 24.1. The lowest BCUT2D eigenvalue weighted by atomic mass is 9.63. The van der Waals surface area contributed by atoms with Crippen molar-refractivity contribution in [1.29, 1.82) is 0 Å². The molecule has 3 aliphatic rings. The third-order valence-electron chi connectivity index (χ3n) is 11.2. The Morgan fingerprint density at radius 2 is 1.63 bits per heavy atom. The number of nitrogens with zero attached hydrogens (tertiary/aromatic N) is 1. The number of ether oxygens (including phenoxy) is 7. The zero-order valence-corrected chi connectivity index (χ0v) is 30.7. The van der Waals surface area contributed by atoms with Crippen LogP contribution in [0.25, 0.3) is 10.9 Å². The number of methoxy groups -OCH3 is 6. The summed E-state index contributed by atoms with van der Waals surface area (Å²) in [6, 6.07) is 7.06. The van der Waals surface area contributed by atoms with Gasteiger partial charge in [-0.05, 0) is 67.3 Å². The van der Waals surface area contributed by atoms with Gasteiger partial charge in [-0.3, -0.25) is 14.5 Å². The number of hydrogen-bond acceptors (Lipinski definition) is 11.